The molecule has 1 amide bonds. The van der Waals surface area contributed by atoms with E-state index < -0.39 is 11.9 Å². The summed E-state index contributed by atoms with van der Waals surface area (Å²) in [5, 5.41) is 28.0. The van der Waals surface area contributed by atoms with Crippen LogP contribution in [0.2, 0.25) is 5.02 Å². The van der Waals surface area contributed by atoms with Crippen molar-refractivity contribution in [2.75, 3.05) is 24.3 Å². The van der Waals surface area contributed by atoms with Gasteiger partial charge < -0.3 is 15.4 Å². The Morgan fingerprint density at radius 3 is 2.64 bits per heavy atom. The number of anilines is 2. The van der Waals surface area contributed by atoms with Crippen molar-refractivity contribution in [3.63, 3.8) is 0 Å². The molecular weight excluding hydrogens is 522 g/mol. The van der Waals surface area contributed by atoms with Gasteiger partial charge in [-0.15, -0.1) is 0 Å². The van der Waals surface area contributed by atoms with E-state index in [0.29, 0.717) is 44.4 Å². The van der Waals surface area contributed by atoms with Gasteiger partial charge in [0.15, 0.2) is 11.5 Å². The summed E-state index contributed by atoms with van der Waals surface area (Å²) >= 11 is 6.46. The van der Waals surface area contributed by atoms with Gasteiger partial charge in [-0.05, 0) is 42.5 Å². The van der Waals surface area contributed by atoms with Crippen molar-refractivity contribution in [3.8, 4) is 28.7 Å². The van der Waals surface area contributed by atoms with E-state index in [4.69, 9.17) is 11.6 Å². The Bertz CT molecular complexity index is 1750. The average Bonchev–Trinajstić information content (AvgIpc) is 3.60. The lowest BCUT2D eigenvalue weighted by molar-refractivity contribution is -0.114. The number of carbonyl (C=O) groups is 2. The summed E-state index contributed by atoms with van der Waals surface area (Å²) in [4.78, 5) is 33.4. The first-order valence-electron chi connectivity index (χ1n) is 11.5. The number of ether oxygens (including phenoxy) is 1. The fourth-order valence-electron chi connectivity index (χ4n) is 3.89. The number of hydrogen-bond donors (Lipinski definition) is 3. The molecule has 3 aromatic heterocycles. The molecular formula is C26H20ClN9O3. The monoisotopic (exact) mass is 541 g/mol. The van der Waals surface area contributed by atoms with Crippen LogP contribution in [-0.4, -0.2) is 55.5 Å². The van der Waals surface area contributed by atoms with Gasteiger partial charge in [0, 0.05) is 29.9 Å². The van der Waals surface area contributed by atoms with Gasteiger partial charge in [-0.3, -0.25) is 14.6 Å². The number of aromatic amines is 1. The number of esters is 1. The van der Waals surface area contributed by atoms with E-state index in [1.54, 1.807) is 60.5 Å². The first kappa shape index (κ1) is 25.4. The first-order valence-corrected chi connectivity index (χ1v) is 11.9. The standard InChI is InChI=1S/C26H20ClN9O3/c1-36-8-7-19(35-36)24-23(15-9-16-12-30-34-22(16)18(27)10-15)32-20(11-28)25(33-24)29-13-21(37)31-17-5-3-14(4-6-17)26(38)39-2/h3-10,12H,13H2,1-2H3,(H,29,33)(H,30,34)(H,31,37). The summed E-state index contributed by atoms with van der Waals surface area (Å²) in [6, 6.07) is 13.6. The van der Waals surface area contributed by atoms with Crippen molar-refractivity contribution in [2.24, 2.45) is 7.05 Å². The number of rotatable bonds is 7. The highest BCUT2D eigenvalue weighted by molar-refractivity contribution is 6.35. The number of H-pyrrole nitrogens is 1. The Morgan fingerprint density at radius 1 is 1.15 bits per heavy atom. The van der Waals surface area contributed by atoms with Crippen LogP contribution in [0.15, 0.2) is 54.9 Å². The molecule has 5 rings (SSSR count). The summed E-state index contributed by atoms with van der Waals surface area (Å²) in [6.07, 6.45) is 3.40. The number of nitrogens with zero attached hydrogens (tertiary/aromatic N) is 6. The van der Waals surface area contributed by atoms with Crippen molar-refractivity contribution < 1.29 is 14.3 Å². The first-order chi connectivity index (χ1) is 18.9. The van der Waals surface area contributed by atoms with Gasteiger partial charge >= 0.3 is 5.97 Å². The minimum absolute atomic E-state index is 0.0108. The minimum Gasteiger partial charge on any atom is -0.465 e. The zero-order valence-corrected chi connectivity index (χ0v) is 21.4. The van der Waals surface area contributed by atoms with Gasteiger partial charge in [-0.25, -0.2) is 14.8 Å². The van der Waals surface area contributed by atoms with Crippen molar-refractivity contribution >= 4 is 45.9 Å². The lowest BCUT2D eigenvalue weighted by Crippen LogP contribution is -2.23. The number of nitriles is 1. The summed E-state index contributed by atoms with van der Waals surface area (Å²) in [6.45, 7) is -0.198. The maximum Gasteiger partial charge on any atom is 0.337 e. The van der Waals surface area contributed by atoms with E-state index in [9.17, 15) is 14.9 Å². The fraction of sp³-hybridized carbons (Fsp3) is 0.115. The van der Waals surface area contributed by atoms with Crippen LogP contribution in [0.5, 0.6) is 0 Å². The lowest BCUT2D eigenvalue weighted by atomic mass is 10.1. The van der Waals surface area contributed by atoms with Crippen LogP contribution in [0.25, 0.3) is 33.5 Å². The van der Waals surface area contributed by atoms with Gasteiger partial charge in [0.1, 0.15) is 23.2 Å². The molecule has 39 heavy (non-hydrogen) atoms. The molecule has 0 aliphatic carbocycles. The molecule has 0 saturated carbocycles. The van der Waals surface area contributed by atoms with Gasteiger partial charge in [-0.2, -0.15) is 15.5 Å². The largest absolute Gasteiger partial charge is 0.465 e. The minimum atomic E-state index is -0.476. The number of hydrogen-bond acceptors (Lipinski definition) is 9. The van der Waals surface area contributed by atoms with Gasteiger partial charge in [0.2, 0.25) is 5.91 Å². The third-order valence-electron chi connectivity index (χ3n) is 5.74. The Hall–Kier alpha value is -5.28. The summed E-state index contributed by atoms with van der Waals surface area (Å²) in [7, 11) is 3.07. The Kier molecular flexibility index (Phi) is 6.90. The molecule has 2 aromatic carbocycles. The molecule has 0 spiro atoms. The Balaban J connectivity index is 1.44. The highest BCUT2D eigenvalue weighted by atomic mass is 35.5. The van der Waals surface area contributed by atoms with Crippen LogP contribution < -0.4 is 10.6 Å². The van der Waals surface area contributed by atoms with E-state index in [1.165, 1.54) is 7.11 Å². The second kappa shape index (κ2) is 10.6. The molecule has 0 atom stereocenters. The molecule has 5 aromatic rings. The van der Waals surface area contributed by atoms with Crippen LogP contribution >= 0.6 is 11.6 Å². The molecule has 3 heterocycles. The average molecular weight is 542 g/mol. The third kappa shape index (κ3) is 5.25. The van der Waals surface area contributed by atoms with Crippen LogP contribution in [0.1, 0.15) is 16.1 Å². The van der Waals surface area contributed by atoms with E-state index >= 15 is 0 Å². The van der Waals surface area contributed by atoms with E-state index in [2.05, 4.69) is 40.6 Å². The van der Waals surface area contributed by atoms with Gasteiger partial charge in [-0.1, -0.05) is 11.6 Å². The molecule has 0 fully saturated rings. The van der Waals surface area contributed by atoms with E-state index in [0.717, 1.165) is 5.39 Å². The molecule has 3 N–H and O–H groups in total. The molecule has 194 valence electrons. The van der Waals surface area contributed by atoms with Gasteiger partial charge in [0.05, 0.1) is 36.0 Å². The van der Waals surface area contributed by atoms with Crippen LogP contribution in [-0.2, 0) is 16.6 Å². The SMILES string of the molecule is COC(=O)c1ccc(NC(=O)CNc2nc(-c3ccn(C)n3)c(-c3cc(Cl)c4[nH]ncc4c3)nc2C#N)cc1. The van der Waals surface area contributed by atoms with Crippen LogP contribution in [0, 0.1) is 11.3 Å². The fourth-order valence-corrected chi connectivity index (χ4v) is 4.15. The highest BCUT2D eigenvalue weighted by Crippen LogP contribution is 2.34. The molecule has 0 bridgehead atoms. The number of nitrogens with one attached hydrogen (secondary N) is 3. The van der Waals surface area contributed by atoms with Crippen molar-refractivity contribution in [3.05, 3.63) is 71.1 Å². The number of halogens is 1. The number of benzene rings is 2. The van der Waals surface area contributed by atoms with E-state index in [-0.39, 0.29) is 18.1 Å². The summed E-state index contributed by atoms with van der Waals surface area (Å²) < 4.78 is 6.30. The predicted molar refractivity (Wildman–Crippen MR) is 144 cm³/mol. The topological polar surface area (TPSA) is 164 Å². The normalized spacial score (nSPS) is 10.7. The molecule has 0 radical (unpaired) electrons. The molecule has 0 saturated heterocycles. The predicted octanol–water partition coefficient (Wildman–Crippen LogP) is 3.78. The zero-order valence-electron chi connectivity index (χ0n) is 20.7. The second-order valence-corrected chi connectivity index (χ2v) is 8.77. The molecule has 13 heteroatoms. The third-order valence-corrected chi connectivity index (χ3v) is 6.04. The quantitative estimate of drug-likeness (QED) is 0.260. The molecule has 12 nitrogen and oxygen atoms in total. The second-order valence-electron chi connectivity index (χ2n) is 8.37. The summed E-state index contributed by atoms with van der Waals surface area (Å²) in [5.74, 6) is -0.753. The number of fused-ring (bicyclic) bond motifs is 1. The zero-order chi connectivity index (χ0) is 27.5. The lowest BCUT2D eigenvalue weighted by Gasteiger charge is -2.13. The number of methoxy groups -OCH3 is 1. The highest BCUT2D eigenvalue weighted by Gasteiger charge is 2.20. The Labute approximate surface area is 226 Å². The number of carbonyl (C=O) groups excluding carboxylic acids is 2. The van der Waals surface area contributed by atoms with Crippen molar-refractivity contribution in [2.45, 2.75) is 0 Å². The van der Waals surface area contributed by atoms with Crippen LogP contribution in [0.3, 0.4) is 0 Å². The number of aryl methyl sites for hydroxylation is 1. The maximum absolute atomic E-state index is 12.6. The molecule has 0 unspecified atom stereocenters. The molecule has 0 aliphatic heterocycles. The maximum atomic E-state index is 12.6. The summed E-state index contributed by atoms with van der Waals surface area (Å²) in [5.41, 5.74) is 3.45. The van der Waals surface area contributed by atoms with E-state index in [1.807, 2.05) is 12.1 Å². The number of amides is 1. The smallest absolute Gasteiger partial charge is 0.337 e. The van der Waals surface area contributed by atoms with Gasteiger partial charge in [0.25, 0.3) is 0 Å². The van der Waals surface area contributed by atoms with Crippen LogP contribution in [0.4, 0.5) is 11.5 Å². The van der Waals surface area contributed by atoms with Crippen molar-refractivity contribution in [1.29, 1.82) is 5.26 Å². The Morgan fingerprint density at radius 2 is 1.95 bits per heavy atom. The van der Waals surface area contributed by atoms with Crippen molar-refractivity contribution in [1.82, 2.24) is 29.9 Å². The number of aromatic nitrogens is 6. The molecule has 0 aliphatic rings.